The lowest BCUT2D eigenvalue weighted by Crippen LogP contribution is -2.02. The fourth-order valence-corrected chi connectivity index (χ4v) is 1.71. The van der Waals surface area contributed by atoms with Crippen LogP contribution in [-0.2, 0) is 6.42 Å². The molecule has 0 aliphatic heterocycles. The molecule has 0 saturated heterocycles. The predicted molar refractivity (Wildman–Crippen MR) is 67.2 cm³/mol. The molecule has 16 heavy (non-hydrogen) atoms. The van der Waals surface area contributed by atoms with Gasteiger partial charge in [0.2, 0.25) is 0 Å². The minimum atomic E-state index is 0.672. The van der Waals surface area contributed by atoms with Gasteiger partial charge in [-0.05, 0) is 37.6 Å². The second-order valence-corrected chi connectivity index (χ2v) is 3.96. The maximum atomic E-state index is 5.50. The molecule has 0 bridgehead atoms. The zero-order chi connectivity index (χ0) is 11.4. The first kappa shape index (κ1) is 10.8. The van der Waals surface area contributed by atoms with Crippen LogP contribution in [0.1, 0.15) is 11.1 Å². The molecule has 0 spiro atoms. The van der Waals surface area contributed by atoms with Gasteiger partial charge in [0.15, 0.2) is 0 Å². The van der Waals surface area contributed by atoms with Gasteiger partial charge in [0.25, 0.3) is 0 Å². The number of aryl methyl sites for hydroxylation is 1. The highest BCUT2D eigenvalue weighted by Crippen LogP contribution is 2.18. The van der Waals surface area contributed by atoms with Crippen LogP contribution < -0.4 is 5.73 Å². The van der Waals surface area contributed by atoms with Crippen LogP contribution in [-0.4, -0.2) is 11.5 Å². The number of pyridine rings is 1. The van der Waals surface area contributed by atoms with Crippen molar-refractivity contribution in [3.63, 3.8) is 0 Å². The highest BCUT2D eigenvalue weighted by molar-refractivity contribution is 5.59. The lowest BCUT2D eigenvalue weighted by atomic mass is 10.1. The van der Waals surface area contributed by atoms with Crippen molar-refractivity contribution in [2.45, 2.75) is 13.3 Å². The number of hydrogen-bond acceptors (Lipinski definition) is 2. The van der Waals surface area contributed by atoms with Crippen molar-refractivity contribution in [3.8, 4) is 11.3 Å². The van der Waals surface area contributed by atoms with Crippen molar-refractivity contribution >= 4 is 0 Å². The van der Waals surface area contributed by atoms with Crippen LogP contribution in [0.2, 0.25) is 0 Å². The van der Waals surface area contributed by atoms with Crippen LogP contribution in [0.5, 0.6) is 0 Å². The Kier molecular flexibility index (Phi) is 3.32. The largest absolute Gasteiger partial charge is 0.330 e. The smallest absolute Gasteiger partial charge is 0.0702 e. The molecule has 82 valence electrons. The highest BCUT2D eigenvalue weighted by Gasteiger charge is 1.99. The van der Waals surface area contributed by atoms with Gasteiger partial charge in [-0.1, -0.05) is 29.8 Å². The molecule has 1 heterocycles. The third-order valence-corrected chi connectivity index (χ3v) is 2.57. The fourth-order valence-electron chi connectivity index (χ4n) is 1.71. The summed E-state index contributed by atoms with van der Waals surface area (Å²) in [6, 6.07) is 12.5. The Morgan fingerprint density at radius 2 is 2.06 bits per heavy atom. The van der Waals surface area contributed by atoms with Crippen LogP contribution in [0.15, 0.2) is 42.6 Å². The lowest BCUT2D eigenvalue weighted by molar-refractivity contribution is 0.959. The molecule has 0 aliphatic carbocycles. The van der Waals surface area contributed by atoms with Gasteiger partial charge in [-0.3, -0.25) is 4.98 Å². The Morgan fingerprint density at radius 3 is 2.69 bits per heavy atom. The predicted octanol–water partition coefficient (Wildman–Crippen LogP) is 2.56. The van der Waals surface area contributed by atoms with E-state index < -0.39 is 0 Å². The zero-order valence-electron chi connectivity index (χ0n) is 9.48. The molecule has 2 aromatic rings. The third-order valence-electron chi connectivity index (χ3n) is 2.57. The molecule has 2 rings (SSSR count). The van der Waals surface area contributed by atoms with Gasteiger partial charge in [0, 0.05) is 11.8 Å². The molecule has 0 unspecified atom stereocenters. The molecule has 2 N–H and O–H groups in total. The van der Waals surface area contributed by atoms with Gasteiger partial charge in [-0.2, -0.15) is 0 Å². The lowest BCUT2D eigenvalue weighted by Gasteiger charge is -2.03. The van der Waals surface area contributed by atoms with E-state index >= 15 is 0 Å². The van der Waals surface area contributed by atoms with Gasteiger partial charge in [0.05, 0.1) is 5.69 Å². The monoisotopic (exact) mass is 212 g/mol. The summed E-state index contributed by atoms with van der Waals surface area (Å²) in [6.45, 7) is 2.76. The van der Waals surface area contributed by atoms with Gasteiger partial charge in [-0.15, -0.1) is 0 Å². The Bertz CT molecular complexity index is 460. The molecule has 0 aliphatic rings. The molecule has 0 radical (unpaired) electrons. The Hall–Kier alpha value is -1.67. The van der Waals surface area contributed by atoms with Crippen molar-refractivity contribution in [1.82, 2.24) is 4.98 Å². The van der Waals surface area contributed by atoms with Crippen molar-refractivity contribution in [3.05, 3.63) is 53.7 Å². The van der Waals surface area contributed by atoms with Crippen molar-refractivity contribution in [2.24, 2.45) is 5.73 Å². The minimum absolute atomic E-state index is 0.672. The maximum absolute atomic E-state index is 5.50. The molecule has 0 amide bonds. The number of aromatic nitrogens is 1. The summed E-state index contributed by atoms with van der Waals surface area (Å²) in [7, 11) is 0. The SMILES string of the molecule is Cc1cccc(-c2ccc(CCN)cn2)c1. The van der Waals surface area contributed by atoms with Crippen LogP contribution in [0.4, 0.5) is 0 Å². The molecule has 2 nitrogen and oxygen atoms in total. The number of nitrogens with zero attached hydrogens (tertiary/aromatic N) is 1. The summed E-state index contributed by atoms with van der Waals surface area (Å²) in [5.41, 5.74) is 10.1. The Balaban J connectivity index is 2.27. The molecule has 1 aromatic heterocycles. The van der Waals surface area contributed by atoms with Crippen LogP contribution >= 0.6 is 0 Å². The van der Waals surface area contributed by atoms with E-state index in [-0.39, 0.29) is 0 Å². The average Bonchev–Trinajstić information content (AvgIpc) is 2.30. The third kappa shape index (κ3) is 2.47. The highest BCUT2D eigenvalue weighted by atomic mass is 14.7. The van der Waals surface area contributed by atoms with E-state index in [1.807, 2.05) is 6.20 Å². The first-order valence-electron chi connectivity index (χ1n) is 5.51. The molecule has 0 saturated carbocycles. The van der Waals surface area contributed by atoms with E-state index in [1.54, 1.807) is 0 Å². The quantitative estimate of drug-likeness (QED) is 0.849. The van der Waals surface area contributed by atoms with E-state index in [9.17, 15) is 0 Å². The average molecular weight is 212 g/mol. The first-order chi connectivity index (χ1) is 7.79. The van der Waals surface area contributed by atoms with E-state index in [0.717, 1.165) is 12.1 Å². The van der Waals surface area contributed by atoms with Gasteiger partial charge in [0.1, 0.15) is 0 Å². The minimum Gasteiger partial charge on any atom is -0.330 e. The number of rotatable bonds is 3. The van der Waals surface area contributed by atoms with E-state index in [4.69, 9.17) is 5.73 Å². The fraction of sp³-hybridized carbons (Fsp3) is 0.214. The summed E-state index contributed by atoms with van der Waals surface area (Å²) in [6.07, 6.45) is 2.80. The van der Waals surface area contributed by atoms with Gasteiger partial charge in [-0.25, -0.2) is 0 Å². The second-order valence-electron chi connectivity index (χ2n) is 3.96. The molecular weight excluding hydrogens is 196 g/mol. The summed E-state index contributed by atoms with van der Waals surface area (Å²) in [5, 5.41) is 0. The van der Waals surface area contributed by atoms with Crippen LogP contribution in [0.3, 0.4) is 0 Å². The van der Waals surface area contributed by atoms with Crippen LogP contribution in [0.25, 0.3) is 11.3 Å². The van der Waals surface area contributed by atoms with Gasteiger partial charge < -0.3 is 5.73 Å². The maximum Gasteiger partial charge on any atom is 0.0702 e. The summed E-state index contributed by atoms with van der Waals surface area (Å²) >= 11 is 0. The first-order valence-corrected chi connectivity index (χ1v) is 5.51. The Labute approximate surface area is 96.1 Å². The van der Waals surface area contributed by atoms with Crippen molar-refractivity contribution in [1.29, 1.82) is 0 Å². The van der Waals surface area contributed by atoms with E-state index in [0.29, 0.717) is 6.54 Å². The number of benzene rings is 1. The molecule has 1 aromatic carbocycles. The van der Waals surface area contributed by atoms with Crippen molar-refractivity contribution < 1.29 is 0 Å². The topological polar surface area (TPSA) is 38.9 Å². The zero-order valence-corrected chi connectivity index (χ0v) is 9.48. The number of nitrogens with two attached hydrogens (primary N) is 1. The summed E-state index contributed by atoms with van der Waals surface area (Å²) < 4.78 is 0. The molecule has 0 atom stereocenters. The van der Waals surface area contributed by atoms with E-state index in [2.05, 4.69) is 48.3 Å². The normalized spacial score (nSPS) is 10.4. The summed E-state index contributed by atoms with van der Waals surface area (Å²) in [4.78, 5) is 4.45. The van der Waals surface area contributed by atoms with Gasteiger partial charge >= 0.3 is 0 Å². The second kappa shape index (κ2) is 4.90. The number of hydrogen-bond donors (Lipinski definition) is 1. The standard InChI is InChI=1S/C14H16N2/c1-11-3-2-4-13(9-11)14-6-5-12(7-8-15)10-16-14/h2-6,9-10H,7-8,15H2,1H3. The molecule has 0 fully saturated rings. The van der Waals surface area contributed by atoms with Crippen molar-refractivity contribution in [2.75, 3.05) is 6.54 Å². The molecule has 2 heteroatoms. The van der Waals surface area contributed by atoms with E-state index in [1.165, 1.54) is 16.7 Å². The molecular formula is C14H16N2. The Morgan fingerprint density at radius 1 is 1.19 bits per heavy atom. The summed E-state index contributed by atoms with van der Waals surface area (Å²) in [5.74, 6) is 0. The van der Waals surface area contributed by atoms with Crippen LogP contribution in [0, 0.1) is 6.92 Å².